The van der Waals surface area contributed by atoms with Gasteiger partial charge in [-0.05, 0) is 37.6 Å². The number of aryl methyl sites for hydroxylation is 1. The van der Waals surface area contributed by atoms with Gasteiger partial charge in [-0.25, -0.2) is 0 Å². The predicted octanol–water partition coefficient (Wildman–Crippen LogP) is 3.83. The Morgan fingerprint density at radius 2 is 2.05 bits per heavy atom. The van der Waals surface area contributed by atoms with Gasteiger partial charge in [-0.3, -0.25) is 0 Å². The molecule has 1 N–H and O–H groups in total. The van der Waals surface area contributed by atoms with E-state index in [9.17, 15) is 0 Å². The van der Waals surface area contributed by atoms with E-state index in [0.29, 0.717) is 0 Å². The molecule has 0 atom stereocenters. The minimum atomic E-state index is 0.737. The third kappa shape index (κ3) is 2.97. The number of hydrogen-bond acceptors (Lipinski definition) is 3. The average Bonchev–Trinajstić information content (AvgIpc) is 2.52. The zero-order chi connectivity index (χ0) is 14.7. The molecule has 0 radical (unpaired) electrons. The largest absolute Gasteiger partial charge is 0.489 e. The molecule has 0 amide bonds. The molecule has 2 aromatic rings. The summed E-state index contributed by atoms with van der Waals surface area (Å²) in [7, 11) is 0. The van der Waals surface area contributed by atoms with Crippen molar-refractivity contribution in [3.05, 3.63) is 53.6 Å². The van der Waals surface area contributed by atoms with Crippen LogP contribution in [0.15, 0.2) is 42.5 Å². The lowest BCUT2D eigenvalue weighted by Crippen LogP contribution is -2.24. The van der Waals surface area contributed by atoms with E-state index in [1.165, 1.54) is 16.8 Å². The number of ether oxygens (including phenoxy) is 1. The van der Waals surface area contributed by atoms with E-state index >= 15 is 0 Å². The van der Waals surface area contributed by atoms with Gasteiger partial charge in [-0.2, -0.15) is 0 Å². The highest BCUT2D eigenvalue weighted by Gasteiger charge is 2.16. The maximum absolute atomic E-state index is 5.87. The molecule has 0 fully saturated rings. The summed E-state index contributed by atoms with van der Waals surface area (Å²) in [5.74, 6) is 1.01. The molecule has 3 rings (SSSR count). The SMILES string of the molecule is CCN(Cc1cccc2c1OCCN2)c1cccc(C)c1. The zero-order valence-corrected chi connectivity index (χ0v) is 12.7. The Bertz CT molecular complexity index is 624. The van der Waals surface area contributed by atoms with E-state index in [2.05, 4.69) is 66.5 Å². The van der Waals surface area contributed by atoms with Crippen LogP contribution in [0.4, 0.5) is 11.4 Å². The van der Waals surface area contributed by atoms with E-state index in [4.69, 9.17) is 4.74 Å². The molecule has 1 heterocycles. The molecule has 0 spiro atoms. The Hall–Kier alpha value is -2.16. The van der Waals surface area contributed by atoms with Crippen molar-refractivity contribution in [3.8, 4) is 5.75 Å². The third-order valence-corrected chi connectivity index (χ3v) is 3.87. The number of nitrogens with zero attached hydrogens (tertiary/aromatic N) is 1. The topological polar surface area (TPSA) is 24.5 Å². The van der Waals surface area contributed by atoms with Crippen molar-refractivity contribution in [2.24, 2.45) is 0 Å². The smallest absolute Gasteiger partial charge is 0.147 e. The average molecular weight is 282 g/mol. The zero-order valence-electron chi connectivity index (χ0n) is 12.7. The molecule has 2 aromatic carbocycles. The van der Waals surface area contributed by atoms with Crippen molar-refractivity contribution in [1.29, 1.82) is 0 Å². The normalized spacial score (nSPS) is 13.0. The van der Waals surface area contributed by atoms with Crippen LogP contribution in [0.25, 0.3) is 0 Å². The summed E-state index contributed by atoms with van der Waals surface area (Å²) in [6.07, 6.45) is 0. The van der Waals surface area contributed by atoms with Gasteiger partial charge in [-0.15, -0.1) is 0 Å². The highest BCUT2D eigenvalue weighted by atomic mass is 16.5. The summed E-state index contributed by atoms with van der Waals surface area (Å²) in [6.45, 7) is 7.78. The van der Waals surface area contributed by atoms with Crippen LogP contribution in [0, 0.1) is 6.92 Å². The third-order valence-electron chi connectivity index (χ3n) is 3.87. The molecule has 3 heteroatoms. The Morgan fingerprint density at radius 1 is 1.19 bits per heavy atom. The van der Waals surface area contributed by atoms with Gasteiger partial charge in [0.25, 0.3) is 0 Å². The number of nitrogens with one attached hydrogen (secondary N) is 1. The van der Waals surface area contributed by atoms with Crippen LogP contribution in [-0.2, 0) is 6.54 Å². The van der Waals surface area contributed by atoms with Gasteiger partial charge in [-0.1, -0.05) is 24.3 Å². The van der Waals surface area contributed by atoms with Crippen LogP contribution in [0.5, 0.6) is 5.75 Å². The fourth-order valence-electron chi connectivity index (χ4n) is 2.77. The fraction of sp³-hybridized carbons (Fsp3) is 0.333. The van der Waals surface area contributed by atoms with E-state index in [1.54, 1.807) is 0 Å². The first kappa shape index (κ1) is 13.8. The minimum Gasteiger partial charge on any atom is -0.489 e. The highest BCUT2D eigenvalue weighted by Crippen LogP contribution is 2.32. The van der Waals surface area contributed by atoms with Crippen molar-refractivity contribution < 1.29 is 4.74 Å². The molecule has 0 saturated heterocycles. The molecule has 0 unspecified atom stereocenters. The van der Waals surface area contributed by atoms with Crippen molar-refractivity contribution in [2.75, 3.05) is 29.9 Å². The van der Waals surface area contributed by atoms with Crippen molar-refractivity contribution in [2.45, 2.75) is 20.4 Å². The van der Waals surface area contributed by atoms with Crippen LogP contribution in [0.1, 0.15) is 18.1 Å². The summed E-state index contributed by atoms with van der Waals surface area (Å²) in [6, 6.07) is 15.0. The molecule has 0 aliphatic carbocycles. The molecule has 1 aliphatic heterocycles. The van der Waals surface area contributed by atoms with Gasteiger partial charge >= 0.3 is 0 Å². The monoisotopic (exact) mass is 282 g/mol. The Labute approximate surface area is 126 Å². The van der Waals surface area contributed by atoms with Crippen molar-refractivity contribution in [3.63, 3.8) is 0 Å². The number of fused-ring (bicyclic) bond motifs is 1. The number of rotatable bonds is 4. The van der Waals surface area contributed by atoms with Crippen LogP contribution in [0.2, 0.25) is 0 Å². The predicted molar refractivity (Wildman–Crippen MR) is 88.3 cm³/mol. The Morgan fingerprint density at radius 3 is 2.86 bits per heavy atom. The van der Waals surface area contributed by atoms with E-state index in [-0.39, 0.29) is 0 Å². The summed E-state index contributed by atoms with van der Waals surface area (Å²) in [5.41, 5.74) is 4.90. The molecule has 0 bridgehead atoms. The molecular weight excluding hydrogens is 260 g/mol. The lowest BCUT2D eigenvalue weighted by molar-refractivity contribution is 0.319. The van der Waals surface area contributed by atoms with Gasteiger partial charge in [0.2, 0.25) is 0 Å². The molecule has 110 valence electrons. The second kappa shape index (κ2) is 6.08. The summed E-state index contributed by atoms with van der Waals surface area (Å²) in [4.78, 5) is 2.38. The summed E-state index contributed by atoms with van der Waals surface area (Å²) in [5, 5.41) is 3.40. The minimum absolute atomic E-state index is 0.737. The number of hydrogen-bond donors (Lipinski definition) is 1. The Balaban J connectivity index is 1.88. The maximum Gasteiger partial charge on any atom is 0.147 e. The second-order valence-electron chi connectivity index (χ2n) is 5.42. The van der Waals surface area contributed by atoms with Gasteiger partial charge in [0.1, 0.15) is 12.4 Å². The molecule has 3 nitrogen and oxygen atoms in total. The maximum atomic E-state index is 5.87. The van der Waals surface area contributed by atoms with Gasteiger partial charge in [0.15, 0.2) is 0 Å². The fourth-order valence-corrected chi connectivity index (χ4v) is 2.77. The summed E-state index contributed by atoms with van der Waals surface area (Å²) >= 11 is 0. The number of benzene rings is 2. The second-order valence-corrected chi connectivity index (χ2v) is 5.42. The lowest BCUT2D eigenvalue weighted by atomic mass is 10.1. The molecular formula is C18H22N2O. The quantitative estimate of drug-likeness (QED) is 0.922. The molecule has 21 heavy (non-hydrogen) atoms. The van der Waals surface area contributed by atoms with Crippen LogP contribution >= 0.6 is 0 Å². The summed E-state index contributed by atoms with van der Waals surface area (Å²) < 4.78 is 5.87. The number of para-hydroxylation sites is 1. The van der Waals surface area contributed by atoms with Crippen LogP contribution in [0.3, 0.4) is 0 Å². The van der Waals surface area contributed by atoms with E-state index in [0.717, 1.165) is 37.7 Å². The van der Waals surface area contributed by atoms with Crippen LogP contribution < -0.4 is 15.0 Å². The van der Waals surface area contributed by atoms with Gasteiger partial charge in [0, 0.05) is 30.9 Å². The van der Waals surface area contributed by atoms with Gasteiger partial charge in [0.05, 0.1) is 5.69 Å². The first-order valence-electron chi connectivity index (χ1n) is 7.58. The standard InChI is InChI=1S/C18H22N2O/c1-3-20(16-8-4-6-14(2)12-16)13-15-7-5-9-17-18(15)21-11-10-19-17/h4-9,12,19H,3,10-11,13H2,1-2H3. The van der Waals surface area contributed by atoms with Gasteiger partial charge < -0.3 is 15.0 Å². The molecule has 0 aromatic heterocycles. The first-order chi connectivity index (χ1) is 10.3. The first-order valence-corrected chi connectivity index (χ1v) is 7.58. The highest BCUT2D eigenvalue weighted by molar-refractivity contribution is 5.62. The molecule has 1 aliphatic rings. The van der Waals surface area contributed by atoms with Crippen molar-refractivity contribution >= 4 is 11.4 Å². The lowest BCUT2D eigenvalue weighted by Gasteiger charge is -2.27. The Kier molecular flexibility index (Phi) is 4.00. The number of anilines is 2. The van der Waals surface area contributed by atoms with Crippen molar-refractivity contribution in [1.82, 2.24) is 0 Å². The van der Waals surface area contributed by atoms with Crippen LogP contribution in [-0.4, -0.2) is 19.7 Å². The van der Waals surface area contributed by atoms with E-state index < -0.39 is 0 Å². The van der Waals surface area contributed by atoms with E-state index in [1.807, 2.05) is 0 Å². The molecule has 0 saturated carbocycles.